The summed E-state index contributed by atoms with van der Waals surface area (Å²) in [6.45, 7) is 5.56. The zero-order valence-electron chi connectivity index (χ0n) is 8.99. The van der Waals surface area contributed by atoms with Crippen LogP contribution in [0.2, 0.25) is 0 Å². The van der Waals surface area contributed by atoms with E-state index in [4.69, 9.17) is 4.74 Å². The summed E-state index contributed by atoms with van der Waals surface area (Å²) in [4.78, 5) is 11.6. The third kappa shape index (κ3) is 1.65. The normalized spacial score (nSPS) is 40.6. The smallest absolute Gasteiger partial charge is 0.311 e. The molecule has 3 nitrogen and oxygen atoms in total. The Balaban J connectivity index is 1.90. The molecular weight excluding hydrogens is 180 g/mol. The quantitative estimate of drug-likeness (QED) is 0.647. The highest BCUT2D eigenvalue weighted by Gasteiger charge is 2.55. The van der Waals surface area contributed by atoms with Gasteiger partial charge in [0.25, 0.3) is 0 Å². The van der Waals surface area contributed by atoms with Gasteiger partial charge in [-0.15, -0.1) is 0 Å². The fraction of sp³-hybridized carbons (Fsp3) is 0.909. The molecule has 0 radical (unpaired) electrons. The molecule has 0 spiro atoms. The number of esters is 1. The molecule has 2 rings (SSSR count). The van der Waals surface area contributed by atoms with Crippen LogP contribution >= 0.6 is 0 Å². The number of fused-ring (bicyclic) bond motifs is 1. The van der Waals surface area contributed by atoms with Gasteiger partial charge in [0.1, 0.15) is 6.10 Å². The number of aliphatic hydroxyl groups is 1. The Morgan fingerprint density at radius 3 is 2.29 bits per heavy atom. The van der Waals surface area contributed by atoms with Gasteiger partial charge in [0.15, 0.2) is 0 Å². The van der Waals surface area contributed by atoms with E-state index < -0.39 is 5.41 Å². The number of hydrogen-bond acceptors (Lipinski definition) is 3. The van der Waals surface area contributed by atoms with Gasteiger partial charge in [-0.1, -0.05) is 0 Å². The SMILES string of the molecule is CC(C)(C)C(=O)OC1CC(O)C2CC12. The highest BCUT2D eigenvalue weighted by atomic mass is 16.5. The molecular formula is C11H18O3. The summed E-state index contributed by atoms with van der Waals surface area (Å²) in [7, 11) is 0. The first-order valence-corrected chi connectivity index (χ1v) is 5.29. The zero-order valence-corrected chi connectivity index (χ0v) is 8.99. The first-order chi connectivity index (χ1) is 6.39. The second kappa shape index (κ2) is 2.96. The van der Waals surface area contributed by atoms with Crippen LogP contribution in [0.5, 0.6) is 0 Å². The second-order valence-corrected chi connectivity index (χ2v) is 5.56. The van der Waals surface area contributed by atoms with E-state index in [0.29, 0.717) is 18.3 Å². The van der Waals surface area contributed by atoms with Crippen molar-refractivity contribution in [2.24, 2.45) is 17.3 Å². The molecule has 0 aliphatic heterocycles. The minimum Gasteiger partial charge on any atom is -0.462 e. The molecule has 0 aromatic rings. The molecule has 4 unspecified atom stereocenters. The van der Waals surface area contributed by atoms with Crippen LogP contribution in [-0.4, -0.2) is 23.3 Å². The van der Waals surface area contributed by atoms with Gasteiger partial charge in [-0.3, -0.25) is 4.79 Å². The lowest BCUT2D eigenvalue weighted by atomic mass is 9.97. The molecule has 2 fully saturated rings. The van der Waals surface area contributed by atoms with Gasteiger partial charge in [-0.05, 0) is 33.1 Å². The van der Waals surface area contributed by atoms with E-state index in [1.54, 1.807) is 0 Å². The van der Waals surface area contributed by atoms with E-state index in [2.05, 4.69) is 0 Å². The van der Waals surface area contributed by atoms with Crippen molar-refractivity contribution in [3.63, 3.8) is 0 Å². The summed E-state index contributed by atoms with van der Waals surface area (Å²) in [5, 5.41) is 9.53. The van der Waals surface area contributed by atoms with Crippen molar-refractivity contribution >= 4 is 5.97 Å². The number of aliphatic hydroxyl groups excluding tert-OH is 1. The topological polar surface area (TPSA) is 46.5 Å². The van der Waals surface area contributed by atoms with E-state index >= 15 is 0 Å². The molecule has 0 amide bonds. The lowest BCUT2D eigenvalue weighted by Gasteiger charge is -2.21. The molecule has 0 aromatic carbocycles. The van der Waals surface area contributed by atoms with Crippen LogP contribution in [0, 0.1) is 17.3 Å². The van der Waals surface area contributed by atoms with E-state index in [0.717, 1.165) is 6.42 Å². The van der Waals surface area contributed by atoms with Crippen LogP contribution < -0.4 is 0 Å². The number of carbonyl (C=O) groups is 1. The number of rotatable bonds is 1. The molecule has 2 saturated carbocycles. The van der Waals surface area contributed by atoms with Gasteiger partial charge in [-0.25, -0.2) is 0 Å². The minimum absolute atomic E-state index is 0.0262. The Hall–Kier alpha value is -0.570. The third-order valence-electron chi connectivity index (χ3n) is 3.21. The summed E-state index contributed by atoms with van der Waals surface area (Å²) in [6, 6.07) is 0. The fourth-order valence-corrected chi connectivity index (χ4v) is 2.14. The van der Waals surface area contributed by atoms with Crippen molar-refractivity contribution in [3.8, 4) is 0 Å². The largest absolute Gasteiger partial charge is 0.462 e. The Morgan fingerprint density at radius 1 is 1.29 bits per heavy atom. The van der Waals surface area contributed by atoms with Gasteiger partial charge >= 0.3 is 5.97 Å². The maximum absolute atomic E-state index is 11.6. The molecule has 80 valence electrons. The standard InChI is InChI=1S/C11H18O3/c1-11(2,3)10(13)14-9-5-8(12)6-4-7(6)9/h6-9,12H,4-5H2,1-3H3. The first kappa shape index (κ1) is 9.97. The van der Waals surface area contributed by atoms with Gasteiger partial charge < -0.3 is 9.84 Å². The molecule has 2 aliphatic carbocycles. The van der Waals surface area contributed by atoms with Crippen molar-refractivity contribution in [2.45, 2.75) is 45.8 Å². The molecule has 0 saturated heterocycles. The fourth-order valence-electron chi connectivity index (χ4n) is 2.14. The molecule has 0 bridgehead atoms. The molecule has 2 aliphatic rings. The maximum atomic E-state index is 11.6. The van der Waals surface area contributed by atoms with E-state index in [1.165, 1.54) is 0 Å². The molecule has 1 N–H and O–H groups in total. The maximum Gasteiger partial charge on any atom is 0.311 e. The van der Waals surface area contributed by atoms with Crippen LogP contribution in [0.1, 0.15) is 33.6 Å². The summed E-state index contributed by atoms with van der Waals surface area (Å²) in [5.74, 6) is 0.700. The molecule has 3 heteroatoms. The monoisotopic (exact) mass is 198 g/mol. The number of hydrogen-bond donors (Lipinski definition) is 1. The Bertz CT molecular complexity index is 254. The summed E-state index contributed by atoms with van der Waals surface area (Å²) >= 11 is 0. The highest BCUT2D eigenvalue weighted by molar-refractivity contribution is 5.75. The lowest BCUT2D eigenvalue weighted by molar-refractivity contribution is -0.159. The Labute approximate surface area is 84.4 Å². The average molecular weight is 198 g/mol. The molecule has 0 aromatic heterocycles. The third-order valence-corrected chi connectivity index (χ3v) is 3.21. The lowest BCUT2D eigenvalue weighted by Crippen LogP contribution is -2.29. The van der Waals surface area contributed by atoms with Crippen LogP contribution in [0.25, 0.3) is 0 Å². The molecule has 4 atom stereocenters. The first-order valence-electron chi connectivity index (χ1n) is 5.29. The summed E-state index contributed by atoms with van der Waals surface area (Å²) in [5.41, 5.74) is -0.433. The van der Waals surface area contributed by atoms with Crippen molar-refractivity contribution < 1.29 is 14.6 Å². The van der Waals surface area contributed by atoms with Crippen LogP contribution in [0.15, 0.2) is 0 Å². The van der Waals surface area contributed by atoms with Gasteiger partial charge in [0.2, 0.25) is 0 Å². The van der Waals surface area contributed by atoms with Crippen molar-refractivity contribution in [1.29, 1.82) is 0 Å². The van der Waals surface area contributed by atoms with Crippen LogP contribution in [-0.2, 0) is 9.53 Å². The summed E-state index contributed by atoms with van der Waals surface area (Å²) in [6.07, 6.45) is 1.40. The van der Waals surface area contributed by atoms with Crippen LogP contribution in [0.4, 0.5) is 0 Å². The Morgan fingerprint density at radius 2 is 1.93 bits per heavy atom. The molecule has 14 heavy (non-hydrogen) atoms. The van der Waals surface area contributed by atoms with Crippen LogP contribution in [0.3, 0.4) is 0 Å². The highest BCUT2D eigenvalue weighted by Crippen LogP contribution is 2.53. The van der Waals surface area contributed by atoms with E-state index in [9.17, 15) is 9.90 Å². The summed E-state index contributed by atoms with van der Waals surface area (Å²) < 4.78 is 5.40. The number of carbonyl (C=O) groups excluding carboxylic acids is 1. The second-order valence-electron chi connectivity index (χ2n) is 5.56. The predicted molar refractivity (Wildman–Crippen MR) is 51.6 cm³/mol. The van der Waals surface area contributed by atoms with Crippen molar-refractivity contribution in [2.75, 3.05) is 0 Å². The van der Waals surface area contributed by atoms with Crippen molar-refractivity contribution in [3.05, 3.63) is 0 Å². The van der Waals surface area contributed by atoms with Crippen molar-refractivity contribution in [1.82, 2.24) is 0 Å². The minimum atomic E-state index is -0.433. The van der Waals surface area contributed by atoms with E-state index in [1.807, 2.05) is 20.8 Å². The average Bonchev–Trinajstić information content (AvgIpc) is 2.74. The Kier molecular flexibility index (Phi) is 2.11. The van der Waals surface area contributed by atoms with Gasteiger partial charge in [0, 0.05) is 12.3 Å². The van der Waals surface area contributed by atoms with Gasteiger partial charge in [-0.2, -0.15) is 0 Å². The number of ether oxygens (including phenoxy) is 1. The predicted octanol–water partition coefficient (Wildman–Crippen LogP) is 1.34. The van der Waals surface area contributed by atoms with E-state index in [-0.39, 0.29) is 18.2 Å². The molecule has 0 heterocycles. The van der Waals surface area contributed by atoms with Gasteiger partial charge in [0.05, 0.1) is 11.5 Å². The zero-order chi connectivity index (χ0) is 10.5.